The number of phenolic OH excluding ortho intramolecular Hbond substituents is 2. The van der Waals surface area contributed by atoms with Gasteiger partial charge in [-0.1, -0.05) is 33.7 Å². The summed E-state index contributed by atoms with van der Waals surface area (Å²) in [6.45, 7) is 2.20. The standard InChI is InChI=1S/C30H25N5O4S4/c1-3-39-24-12-17(6-8-21(24)33-34-28-19-13-18(40)7-4-16(19)5-10-23(28)37)32-35-29-25(41)14-20-26(43-42-2)11-9-22(31-15-36)27(20)30(29)38/h4-15,37-38,40-41H,3H2,1-2H3,(H,31,36). The summed E-state index contributed by atoms with van der Waals surface area (Å²) in [7, 11) is 3.09. The van der Waals surface area contributed by atoms with E-state index in [0.29, 0.717) is 57.2 Å². The minimum absolute atomic E-state index is 0.0121. The lowest BCUT2D eigenvalue weighted by Gasteiger charge is -2.13. The van der Waals surface area contributed by atoms with Crippen LogP contribution >= 0.6 is 46.8 Å². The normalized spacial score (nSPS) is 11.6. The topological polar surface area (TPSA) is 128 Å². The molecule has 0 aromatic heterocycles. The first-order valence-electron chi connectivity index (χ1n) is 12.8. The van der Waals surface area contributed by atoms with E-state index in [2.05, 4.69) is 51.0 Å². The second kappa shape index (κ2) is 13.6. The van der Waals surface area contributed by atoms with Gasteiger partial charge >= 0.3 is 0 Å². The Morgan fingerprint density at radius 2 is 1.70 bits per heavy atom. The van der Waals surface area contributed by atoms with Crippen LogP contribution in [0.4, 0.5) is 28.4 Å². The third-order valence-electron chi connectivity index (χ3n) is 6.30. The van der Waals surface area contributed by atoms with Crippen LogP contribution in [-0.2, 0) is 4.79 Å². The summed E-state index contributed by atoms with van der Waals surface area (Å²) in [5.41, 5.74) is 1.75. The zero-order valence-corrected chi connectivity index (χ0v) is 26.3. The van der Waals surface area contributed by atoms with E-state index in [9.17, 15) is 15.0 Å². The summed E-state index contributed by atoms with van der Waals surface area (Å²) in [4.78, 5) is 13.3. The van der Waals surface area contributed by atoms with E-state index in [0.717, 1.165) is 20.6 Å². The number of carbonyl (C=O) groups excluding carboxylic acids is 1. The van der Waals surface area contributed by atoms with Gasteiger partial charge < -0.3 is 20.3 Å². The van der Waals surface area contributed by atoms with Crippen LogP contribution in [0.2, 0.25) is 0 Å². The number of phenols is 2. The Balaban J connectivity index is 1.52. The smallest absolute Gasteiger partial charge is 0.211 e. The predicted octanol–water partition coefficient (Wildman–Crippen LogP) is 10.1. The van der Waals surface area contributed by atoms with Gasteiger partial charge in [-0.2, -0.15) is 5.11 Å². The Kier molecular flexibility index (Phi) is 9.65. The van der Waals surface area contributed by atoms with Crippen molar-refractivity contribution in [3.8, 4) is 17.2 Å². The summed E-state index contributed by atoms with van der Waals surface area (Å²) in [5.74, 6) is 0.234. The zero-order valence-electron chi connectivity index (χ0n) is 22.8. The van der Waals surface area contributed by atoms with Crippen molar-refractivity contribution in [2.75, 3.05) is 18.2 Å². The maximum atomic E-state index is 11.2. The fourth-order valence-electron chi connectivity index (χ4n) is 4.40. The van der Waals surface area contributed by atoms with E-state index in [1.807, 2.05) is 37.4 Å². The number of hydrogen-bond acceptors (Lipinski definition) is 12. The van der Waals surface area contributed by atoms with E-state index in [-0.39, 0.29) is 17.2 Å². The lowest BCUT2D eigenvalue weighted by atomic mass is 10.1. The molecule has 0 aliphatic rings. The molecule has 0 fully saturated rings. The van der Waals surface area contributed by atoms with Gasteiger partial charge in [0.15, 0.2) is 5.75 Å². The number of azo groups is 2. The van der Waals surface area contributed by atoms with Crippen molar-refractivity contribution in [1.82, 2.24) is 0 Å². The molecule has 0 unspecified atom stereocenters. The van der Waals surface area contributed by atoms with Gasteiger partial charge in [-0.3, -0.25) is 4.79 Å². The molecular formula is C30H25N5O4S4. The number of thiol groups is 2. The Morgan fingerprint density at radius 1 is 0.907 bits per heavy atom. The van der Waals surface area contributed by atoms with Crippen LogP contribution in [0.3, 0.4) is 0 Å². The average molecular weight is 648 g/mol. The van der Waals surface area contributed by atoms with E-state index < -0.39 is 0 Å². The van der Waals surface area contributed by atoms with Gasteiger partial charge in [0.05, 0.1) is 23.4 Å². The minimum Gasteiger partial charge on any atom is -0.506 e. The molecule has 1 amide bonds. The third kappa shape index (κ3) is 6.54. The first kappa shape index (κ1) is 30.5. The molecule has 0 saturated heterocycles. The number of aromatic hydroxyl groups is 2. The number of benzene rings is 5. The molecule has 5 rings (SSSR count). The molecular weight excluding hydrogens is 623 g/mol. The van der Waals surface area contributed by atoms with Gasteiger partial charge in [0.2, 0.25) is 6.41 Å². The number of carbonyl (C=O) groups is 1. The maximum absolute atomic E-state index is 11.2. The summed E-state index contributed by atoms with van der Waals surface area (Å²) >= 11 is 8.97. The summed E-state index contributed by atoms with van der Waals surface area (Å²) in [6.07, 6.45) is 2.51. The monoisotopic (exact) mass is 647 g/mol. The van der Waals surface area contributed by atoms with E-state index >= 15 is 0 Å². The van der Waals surface area contributed by atoms with Crippen molar-refractivity contribution >= 4 is 103 Å². The number of anilines is 1. The van der Waals surface area contributed by atoms with Crippen molar-refractivity contribution in [3.05, 3.63) is 66.7 Å². The third-order valence-corrected chi connectivity index (χ3v) is 8.66. The van der Waals surface area contributed by atoms with Crippen LogP contribution in [0.5, 0.6) is 17.2 Å². The molecule has 5 aromatic carbocycles. The molecule has 0 bridgehead atoms. The molecule has 0 aliphatic carbocycles. The summed E-state index contributed by atoms with van der Waals surface area (Å²) in [6, 6.07) is 19.3. The van der Waals surface area contributed by atoms with E-state index in [4.69, 9.17) is 4.74 Å². The van der Waals surface area contributed by atoms with Crippen LogP contribution < -0.4 is 10.1 Å². The lowest BCUT2D eigenvalue weighted by Crippen LogP contribution is -1.95. The predicted molar refractivity (Wildman–Crippen MR) is 181 cm³/mol. The largest absolute Gasteiger partial charge is 0.506 e. The quantitative estimate of drug-likeness (QED) is 0.0444. The second-order valence-corrected chi connectivity index (χ2v) is 12.4. The number of fused-ring (bicyclic) bond motifs is 2. The molecule has 0 radical (unpaired) electrons. The molecule has 0 heterocycles. The maximum Gasteiger partial charge on any atom is 0.211 e. The lowest BCUT2D eigenvalue weighted by molar-refractivity contribution is -0.105. The van der Waals surface area contributed by atoms with Gasteiger partial charge in [0.25, 0.3) is 0 Å². The molecule has 5 aromatic rings. The Labute approximate surface area is 266 Å². The fourth-order valence-corrected chi connectivity index (χ4v) is 6.42. The van der Waals surface area contributed by atoms with Crippen LogP contribution in [0.15, 0.2) is 102 Å². The van der Waals surface area contributed by atoms with Crippen LogP contribution in [0.1, 0.15) is 6.92 Å². The molecule has 9 nitrogen and oxygen atoms in total. The van der Waals surface area contributed by atoms with Crippen molar-refractivity contribution in [3.63, 3.8) is 0 Å². The SMILES string of the molecule is CCOc1cc(N=Nc2c(S)cc3c(SSC)ccc(NC=O)c3c2O)ccc1N=Nc1c(O)ccc2ccc(S)cc12. The highest BCUT2D eigenvalue weighted by atomic mass is 33.1. The van der Waals surface area contributed by atoms with Gasteiger partial charge in [-0.15, -0.1) is 40.6 Å². The number of ether oxygens (including phenoxy) is 1. The molecule has 43 heavy (non-hydrogen) atoms. The van der Waals surface area contributed by atoms with Gasteiger partial charge in [0.1, 0.15) is 28.6 Å². The van der Waals surface area contributed by atoms with Crippen molar-refractivity contribution in [2.24, 2.45) is 20.5 Å². The van der Waals surface area contributed by atoms with Gasteiger partial charge in [0, 0.05) is 31.5 Å². The number of hydrogen-bond donors (Lipinski definition) is 5. The van der Waals surface area contributed by atoms with Crippen molar-refractivity contribution < 1.29 is 19.7 Å². The molecule has 218 valence electrons. The van der Waals surface area contributed by atoms with Gasteiger partial charge in [-0.25, -0.2) is 0 Å². The molecule has 3 N–H and O–H groups in total. The minimum atomic E-state index is -0.158. The number of nitrogens with zero attached hydrogens (tertiary/aromatic N) is 4. The Hall–Kier alpha value is -3.91. The molecule has 0 aliphatic heterocycles. The Bertz CT molecular complexity index is 1910. The van der Waals surface area contributed by atoms with Crippen LogP contribution in [0.25, 0.3) is 21.5 Å². The van der Waals surface area contributed by atoms with E-state index in [1.54, 1.807) is 53.3 Å². The van der Waals surface area contributed by atoms with Crippen LogP contribution in [-0.4, -0.2) is 29.5 Å². The van der Waals surface area contributed by atoms with Crippen molar-refractivity contribution in [2.45, 2.75) is 21.6 Å². The van der Waals surface area contributed by atoms with Gasteiger partial charge in [-0.05, 0) is 67.1 Å². The summed E-state index contributed by atoms with van der Waals surface area (Å²) in [5, 5.41) is 44.4. The molecule has 0 atom stereocenters. The van der Waals surface area contributed by atoms with Crippen molar-refractivity contribution in [1.29, 1.82) is 0 Å². The van der Waals surface area contributed by atoms with E-state index in [1.165, 1.54) is 10.8 Å². The highest BCUT2D eigenvalue weighted by Crippen LogP contribution is 2.48. The molecule has 13 heteroatoms. The second-order valence-electron chi connectivity index (χ2n) is 8.96. The Morgan fingerprint density at radius 3 is 2.47 bits per heavy atom. The molecule has 0 spiro atoms. The summed E-state index contributed by atoms with van der Waals surface area (Å²) < 4.78 is 5.80. The first-order chi connectivity index (χ1) is 20.8. The first-order valence-corrected chi connectivity index (χ1v) is 16.3. The average Bonchev–Trinajstić information content (AvgIpc) is 2.98. The fraction of sp³-hybridized carbons (Fsp3) is 0.100. The highest BCUT2D eigenvalue weighted by Gasteiger charge is 2.17. The highest BCUT2D eigenvalue weighted by molar-refractivity contribution is 8.76. The molecule has 0 saturated carbocycles. The number of rotatable bonds is 10. The van der Waals surface area contributed by atoms with Crippen LogP contribution in [0, 0.1) is 0 Å². The zero-order chi connectivity index (χ0) is 30.5. The number of amides is 1. The number of nitrogens with one attached hydrogen (secondary N) is 1.